The quantitative estimate of drug-likeness (QED) is 0.807. The zero-order chi connectivity index (χ0) is 11.4. The van der Waals surface area contributed by atoms with Gasteiger partial charge in [-0.05, 0) is 24.9 Å². The third-order valence-corrected chi connectivity index (χ3v) is 3.45. The third kappa shape index (κ3) is 2.84. The zero-order valence-corrected chi connectivity index (χ0v) is 11.4. The van der Waals surface area contributed by atoms with Crippen molar-refractivity contribution >= 4 is 24.0 Å². The van der Waals surface area contributed by atoms with Crippen molar-refractivity contribution in [2.24, 2.45) is 0 Å². The zero-order valence-electron chi connectivity index (χ0n) is 9.78. The molecule has 1 N–H and O–H groups in total. The Morgan fingerprint density at radius 1 is 1.53 bits per heavy atom. The van der Waals surface area contributed by atoms with E-state index in [0.29, 0.717) is 12.0 Å². The summed E-state index contributed by atoms with van der Waals surface area (Å²) in [6.45, 7) is 6.49. The normalized spacial score (nSPS) is 13.4. The van der Waals surface area contributed by atoms with Crippen molar-refractivity contribution in [1.29, 1.82) is 0 Å². The van der Waals surface area contributed by atoms with Gasteiger partial charge in [-0.25, -0.2) is 0 Å². The molecule has 0 saturated heterocycles. The van der Waals surface area contributed by atoms with Gasteiger partial charge in [-0.3, -0.25) is 9.67 Å². The van der Waals surface area contributed by atoms with E-state index in [1.54, 1.807) is 0 Å². The number of rotatable bonds is 5. The smallest absolute Gasteiger partial charge is 0.195 e. The number of nitrogens with zero attached hydrogens (tertiary/aromatic N) is 2. The fourth-order valence-corrected chi connectivity index (χ4v) is 2.70. The summed E-state index contributed by atoms with van der Waals surface area (Å²) in [5.41, 5.74) is 0. The molecule has 1 aromatic heterocycles. The molecule has 0 amide bonds. The second kappa shape index (κ2) is 5.70. The molecule has 1 atom stereocenters. The fourth-order valence-electron chi connectivity index (χ4n) is 1.64. The van der Waals surface area contributed by atoms with Crippen molar-refractivity contribution in [3.63, 3.8) is 0 Å². The predicted octanol–water partition coefficient (Wildman–Crippen LogP) is 3.38. The lowest BCUT2D eigenvalue weighted by Crippen LogP contribution is -2.15. The summed E-state index contributed by atoms with van der Waals surface area (Å²) >= 11 is 7.14. The first kappa shape index (κ1) is 12.8. The first-order chi connectivity index (χ1) is 7.11. The van der Waals surface area contributed by atoms with E-state index < -0.39 is 0 Å². The molecule has 0 spiro atoms. The molecule has 0 aliphatic carbocycles. The number of aromatic amines is 1. The van der Waals surface area contributed by atoms with Crippen LogP contribution in [0.15, 0.2) is 0 Å². The Labute approximate surface area is 101 Å². The summed E-state index contributed by atoms with van der Waals surface area (Å²) in [5.74, 6) is 2.57. The summed E-state index contributed by atoms with van der Waals surface area (Å²) in [4.78, 5) is 0. The molecule has 86 valence electrons. The molecular formula is C10H19N3S2. The molecule has 1 aromatic rings. The Bertz CT molecular complexity index is 354. The van der Waals surface area contributed by atoms with Gasteiger partial charge in [0.25, 0.3) is 0 Å². The van der Waals surface area contributed by atoms with Crippen molar-refractivity contribution in [3.8, 4) is 0 Å². The molecule has 0 aliphatic heterocycles. The summed E-state index contributed by atoms with van der Waals surface area (Å²) in [7, 11) is 0. The van der Waals surface area contributed by atoms with Gasteiger partial charge in [-0.2, -0.15) is 16.9 Å². The van der Waals surface area contributed by atoms with E-state index in [0.717, 1.165) is 22.8 Å². The van der Waals surface area contributed by atoms with E-state index in [4.69, 9.17) is 12.2 Å². The minimum absolute atomic E-state index is 0.411. The molecule has 1 heterocycles. The van der Waals surface area contributed by atoms with Gasteiger partial charge in [0, 0.05) is 17.7 Å². The maximum Gasteiger partial charge on any atom is 0.195 e. The maximum atomic E-state index is 5.28. The Kier molecular flexibility index (Phi) is 4.86. The Balaban J connectivity index is 3.09. The second-order valence-corrected chi connectivity index (χ2v) is 5.23. The van der Waals surface area contributed by atoms with E-state index in [9.17, 15) is 0 Å². The highest BCUT2D eigenvalue weighted by atomic mass is 32.2. The van der Waals surface area contributed by atoms with Gasteiger partial charge in [0.05, 0.1) is 0 Å². The van der Waals surface area contributed by atoms with Gasteiger partial charge >= 0.3 is 0 Å². The molecule has 0 saturated carbocycles. The van der Waals surface area contributed by atoms with Crippen LogP contribution in [0.1, 0.15) is 45.0 Å². The summed E-state index contributed by atoms with van der Waals surface area (Å²) in [6.07, 6.45) is 3.22. The topological polar surface area (TPSA) is 33.6 Å². The van der Waals surface area contributed by atoms with Crippen molar-refractivity contribution in [2.45, 2.75) is 39.2 Å². The molecule has 15 heavy (non-hydrogen) atoms. The van der Waals surface area contributed by atoms with Crippen LogP contribution in [0, 0.1) is 4.77 Å². The molecule has 0 aromatic carbocycles. The van der Waals surface area contributed by atoms with Crippen LogP contribution in [0.25, 0.3) is 0 Å². The number of H-pyrrole nitrogens is 1. The predicted molar refractivity (Wildman–Crippen MR) is 69.2 cm³/mol. The van der Waals surface area contributed by atoms with Crippen LogP contribution in [-0.2, 0) is 0 Å². The Morgan fingerprint density at radius 3 is 2.67 bits per heavy atom. The lowest BCUT2D eigenvalue weighted by atomic mass is 10.2. The summed E-state index contributed by atoms with van der Waals surface area (Å²) in [6, 6.07) is 0.462. The largest absolute Gasteiger partial charge is 0.300 e. The van der Waals surface area contributed by atoms with Crippen LogP contribution in [0.5, 0.6) is 0 Å². The Morgan fingerprint density at radius 2 is 2.20 bits per heavy atom. The molecular weight excluding hydrogens is 226 g/mol. The van der Waals surface area contributed by atoms with E-state index in [-0.39, 0.29) is 0 Å². The molecule has 1 unspecified atom stereocenters. The standard InChI is InChI=1S/C10H19N3S2/c1-5-8(6-15-4)13-9(7(2)3)11-12-10(13)14/h7-8H,5-6H2,1-4H3,(H,12,14). The number of hydrogen-bond acceptors (Lipinski definition) is 3. The summed E-state index contributed by atoms with van der Waals surface area (Å²) in [5, 5.41) is 7.20. The lowest BCUT2D eigenvalue weighted by Gasteiger charge is -2.18. The van der Waals surface area contributed by atoms with Gasteiger partial charge in [0.2, 0.25) is 0 Å². The van der Waals surface area contributed by atoms with Crippen LogP contribution >= 0.6 is 24.0 Å². The van der Waals surface area contributed by atoms with E-state index in [1.807, 2.05) is 11.8 Å². The Hall–Kier alpha value is -0.290. The van der Waals surface area contributed by atoms with Crippen LogP contribution in [0.4, 0.5) is 0 Å². The molecule has 3 nitrogen and oxygen atoms in total. The first-order valence-corrected chi connectivity index (χ1v) is 7.07. The van der Waals surface area contributed by atoms with E-state index in [2.05, 4.69) is 41.8 Å². The highest BCUT2D eigenvalue weighted by molar-refractivity contribution is 7.98. The monoisotopic (exact) mass is 245 g/mol. The van der Waals surface area contributed by atoms with Crippen LogP contribution in [0.2, 0.25) is 0 Å². The average Bonchev–Trinajstić information content (AvgIpc) is 2.57. The van der Waals surface area contributed by atoms with Crippen molar-refractivity contribution in [1.82, 2.24) is 14.8 Å². The first-order valence-electron chi connectivity index (χ1n) is 5.27. The molecule has 5 heteroatoms. The molecule has 0 aliphatic rings. The molecule has 0 radical (unpaired) electrons. The van der Waals surface area contributed by atoms with Gasteiger partial charge in [-0.15, -0.1) is 0 Å². The average molecular weight is 245 g/mol. The van der Waals surface area contributed by atoms with Crippen LogP contribution < -0.4 is 0 Å². The van der Waals surface area contributed by atoms with Gasteiger partial charge in [0.15, 0.2) is 4.77 Å². The maximum absolute atomic E-state index is 5.28. The number of hydrogen-bond donors (Lipinski definition) is 1. The van der Waals surface area contributed by atoms with E-state index in [1.165, 1.54) is 0 Å². The lowest BCUT2D eigenvalue weighted by molar-refractivity contribution is 0.499. The number of aromatic nitrogens is 3. The van der Waals surface area contributed by atoms with Gasteiger partial charge in [0.1, 0.15) is 5.82 Å². The molecule has 1 rings (SSSR count). The molecule has 0 fully saturated rings. The van der Waals surface area contributed by atoms with Crippen molar-refractivity contribution < 1.29 is 0 Å². The van der Waals surface area contributed by atoms with Gasteiger partial charge in [-0.1, -0.05) is 20.8 Å². The highest BCUT2D eigenvalue weighted by Crippen LogP contribution is 2.22. The van der Waals surface area contributed by atoms with Crippen molar-refractivity contribution in [3.05, 3.63) is 10.6 Å². The van der Waals surface area contributed by atoms with Crippen LogP contribution in [0.3, 0.4) is 0 Å². The minimum Gasteiger partial charge on any atom is -0.300 e. The SMILES string of the molecule is CCC(CSC)n1c(C(C)C)n[nH]c1=S. The van der Waals surface area contributed by atoms with Crippen LogP contribution in [-0.4, -0.2) is 26.8 Å². The summed E-state index contributed by atoms with van der Waals surface area (Å²) < 4.78 is 2.93. The third-order valence-electron chi connectivity index (χ3n) is 2.44. The van der Waals surface area contributed by atoms with Gasteiger partial charge < -0.3 is 0 Å². The minimum atomic E-state index is 0.411. The van der Waals surface area contributed by atoms with Crippen molar-refractivity contribution in [2.75, 3.05) is 12.0 Å². The number of nitrogens with one attached hydrogen (secondary N) is 1. The fraction of sp³-hybridized carbons (Fsp3) is 0.800. The number of thioether (sulfide) groups is 1. The van der Waals surface area contributed by atoms with E-state index >= 15 is 0 Å². The molecule has 0 bridgehead atoms. The second-order valence-electron chi connectivity index (χ2n) is 3.93. The highest BCUT2D eigenvalue weighted by Gasteiger charge is 2.16.